The first-order valence-corrected chi connectivity index (χ1v) is 47.3. The maximum Gasteiger partial charge on any atom is 0.223 e. The van der Waals surface area contributed by atoms with Crippen molar-refractivity contribution in [1.29, 1.82) is 0 Å². The van der Waals surface area contributed by atoms with Gasteiger partial charge in [0.05, 0.1) is 32.7 Å². The van der Waals surface area contributed by atoms with Gasteiger partial charge in [0, 0.05) is 68.7 Å². The Hall–Kier alpha value is -11.1. The largest absolute Gasteiger partial charge is 0.223 e. The predicted molar refractivity (Wildman–Crippen MR) is 545 cm³/mol. The lowest BCUT2D eigenvalue weighted by Gasteiger charge is -2.26. The minimum Gasteiger partial charge on any atom is -0.206 e. The van der Waals surface area contributed by atoms with Crippen LogP contribution < -0.4 is 18.3 Å². The van der Waals surface area contributed by atoms with Crippen molar-refractivity contribution in [2.75, 3.05) is 0 Å². The number of rotatable bonds is 19. The normalized spacial score (nSPS) is 11.9. The number of aromatic nitrogens is 4. The molecule has 0 saturated carbocycles. The molecule has 664 valence electrons. The van der Waals surface area contributed by atoms with Crippen LogP contribution in [0.1, 0.15) is 224 Å². The van der Waals surface area contributed by atoms with Crippen LogP contribution in [0.4, 0.5) is 8.78 Å². The number of benzene rings is 11. The van der Waals surface area contributed by atoms with Crippen LogP contribution in [0.2, 0.25) is 0 Å². The van der Waals surface area contributed by atoms with Gasteiger partial charge in [0.15, 0.2) is 22.8 Å². The van der Waals surface area contributed by atoms with E-state index in [1.54, 1.807) is 6.07 Å². The van der Waals surface area contributed by atoms with Crippen LogP contribution in [0, 0.1) is 142 Å². The lowest BCUT2D eigenvalue weighted by molar-refractivity contribution is -0.665. The summed E-state index contributed by atoms with van der Waals surface area (Å²) in [5.74, 6) is 6.69. The number of halogens is 2. The van der Waals surface area contributed by atoms with Crippen molar-refractivity contribution < 1.29 is 27.0 Å². The van der Waals surface area contributed by atoms with Gasteiger partial charge >= 0.3 is 0 Å². The fraction of sp³-hybridized carbons (Fsp3) is 0.361. The average Bonchev–Trinajstić information content (AvgIpc) is 0.753. The molecule has 0 radical (unpaired) electrons. The molecule has 0 aliphatic heterocycles. The monoisotopic (exact) mass is 1710 g/mol. The Balaban J connectivity index is 0.000000155. The summed E-state index contributed by atoms with van der Waals surface area (Å²) in [6.07, 6.45) is 0. The number of hydrogen-bond donors (Lipinski definition) is 0. The van der Waals surface area contributed by atoms with Gasteiger partial charge in [-0.25, -0.2) is 8.78 Å². The Morgan fingerprint density at radius 1 is 0.219 bits per heavy atom. The van der Waals surface area contributed by atoms with E-state index in [-0.39, 0.29) is 11.6 Å². The molecular weight excluding hydrogens is 1560 g/mol. The molecule has 15 rings (SSSR count). The van der Waals surface area contributed by atoms with Crippen molar-refractivity contribution in [2.45, 2.75) is 218 Å². The Bertz CT molecular complexity index is 6490. The van der Waals surface area contributed by atoms with Crippen molar-refractivity contribution >= 4 is 43.1 Å². The quantitative estimate of drug-likeness (QED) is 0.0717. The Labute approximate surface area is 768 Å². The minimum atomic E-state index is -0.180. The van der Waals surface area contributed by atoms with E-state index < -0.39 is 0 Å². The highest BCUT2D eigenvalue weighted by atomic mass is 19.1. The first kappa shape index (κ1) is 96.0. The maximum absolute atomic E-state index is 15.4. The summed E-state index contributed by atoms with van der Waals surface area (Å²) >= 11 is 0. The summed E-state index contributed by atoms with van der Waals surface area (Å²) in [7, 11) is 8.53. The van der Waals surface area contributed by atoms with E-state index in [1.165, 1.54) is 144 Å². The first-order valence-electron chi connectivity index (χ1n) is 47.3. The Kier molecular flexibility index (Phi) is 30.2. The Morgan fingerprint density at radius 3 is 0.883 bits per heavy atom. The lowest BCUT2D eigenvalue weighted by atomic mass is 9.79. The molecule has 128 heavy (non-hydrogen) atoms. The third kappa shape index (κ3) is 20.0. The van der Waals surface area contributed by atoms with Crippen molar-refractivity contribution in [3.63, 3.8) is 0 Å². The summed E-state index contributed by atoms with van der Waals surface area (Å²) < 4.78 is 39.4. The van der Waals surface area contributed by atoms with Crippen molar-refractivity contribution in [1.82, 2.24) is 0 Å². The van der Waals surface area contributed by atoms with Gasteiger partial charge in [-0.15, -0.1) is 0 Å². The van der Waals surface area contributed by atoms with Crippen LogP contribution in [0.3, 0.4) is 0 Å². The molecule has 0 atom stereocenters. The van der Waals surface area contributed by atoms with Crippen LogP contribution in [-0.2, 0) is 28.2 Å². The standard InChI is InChI=1S/C33H40N.C31H35FN.C31H36N.C27H35FN/c1-20(2)31(21(3)4)27-14-16-30-28(19-27)18-25(8)34(9)33(30)29-15-13-26(17-24(29)7)32-22(5)11-10-12-23(32)6;1-19(2)30(20(3)4)24-13-14-26-25(17-24)16-22(6)33(7)31(26)27-18-28(29(32)15-21(27)5)23-11-9-8-10-12-23;1-20(2)30(21(3)4)26-14-16-29-27(19-26)18-23(6)32(7)31(29)28-15-13-25(17-22(28)5)24-11-9-8-10-12-24;1-15(2)24(16(3)4)21-10-11-23-22(14-21)13-19(7)29(9)27(23)25-20(8)17(5)12-18(6)26(25)28/h10-21,31H,1-9H3;8-20,30H,1-7H3;8-21,30H,1-7H3;10-16,24H,1-9H3/q4*+1. The topological polar surface area (TPSA) is 15.5 Å². The molecule has 11 aromatic carbocycles. The van der Waals surface area contributed by atoms with Crippen molar-refractivity contribution in [3.8, 4) is 78.4 Å². The van der Waals surface area contributed by atoms with Gasteiger partial charge in [-0.05, 0) is 291 Å². The lowest BCUT2D eigenvalue weighted by Crippen LogP contribution is -2.35. The predicted octanol–water partition coefficient (Wildman–Crippen LogP) is 31.9. The van der Waals surface area contributed by atoms with Gasteiger partial charge in [0.25, 0.3) is 0 Å². The SMILES string of the molecule is Cc1cc(-c2c(C)cccc2C)ccc1-c1c2ccc(C(C(C)C)C(C)C)cc2cc(C)[n+]1C.Cc1cc(-c2ccccc2)ccc1-c1c2ccc(C(C(C)C)C(C)C)cc2cc(C)[n+]1C.Cc1cc(C)c(F)c(-c2c3ccc(C(C(C)C)C(C)C)cc3cc(C)[n+]2C)c1C.Cc1cc(F)c(-c2ccccc2)cc1-c1c2ccc(C(C(C)C)C(C)C)cc2cc(C)[n+]1C. The molecule has 0 aliphatic rings. The summed E-state index contributed by atoms with van der Waals surface area (Å²) in [5.41, 5.74) is 35.5. The molecule has 0 unspecified atom stereocenters. The molecule has 0 bridgehead atoms. The third-order valence-electron chi connectivity index (χ3n) is 28.2. The molecule has 4 aromatic heterocycles. The first-order chi connectivity index (χ1) is 60.6. The minimum absolute atomic E-state index is 0.109. The second-order valence-electron chi connectivity index (χ2n) is 40.2. The number of nitrogens with zero attached hydrogens (tertiary/aromatic N) is 4. The third-order valence-corrected chi connectivity index (χ3v) is 28.2. The van der Waals surface area contributed by atoms with Gasteiger partial charge < -0.3 is 0 Å². The van der Waals surface area contributed by atoms with E-state index in [0.29, 0.717) is 82.1 Å². The van der Waals surface area contributed by atoms with E-state index in [1.807, 2.05) is 70.3 Å². The summed E-state index contributed by atoms with van der Waals surface area (Å²) in [6.45, 7) is 62.7. The molecule has 4 nitrogen and oxygen atoms in total. The van der Waals surface area contributed by atoms with E-state index in [0.717, 1.165) is 55.8 Å². The average molecular weight is 1710 g/mol. The smallest absolute Gasteiger partial charge is 0.206 e. The molecular formula is C122H146F2N4+4. The number of pyridine rings is 4. The van der Waals surface area contributed by atoms with Crippen LogP contribution in [-0.4, -0.2) is 0 Å². The highest BCUT2D eigenvalue weighted by Crippen LogP contribution is 2.44. The molecule has 0 aliphatic carbocycles. The van der Waals surface area contributed by atoms with Gasteiger partial charge in [-0.2, -0.15) is 18.3 Å². The molecule has 0 saturated heterocycles. The van der Waals surface area contributed by atoms with E-state index in [4.69, 9.17) is 0 Å². The van der Waals surface area contributed by atoms with Crippen LogP contribution in [0.25, 0.3) is 122 Å². The summed E-state index contributed by atoms with van der Waals surface area (Å²) in [4.78, 5) is 0. The zero-order chi connectivity index (χ0) is 93.2. The van der Waals surface area contributed by atoms with E-state index >= 15 is 8.78 Å². The fourth-order valence-electron chi connectivity index (χ4n) is 21.8. The number of fused-ring (bicyclic) bond motifs is 4. The van der Waals surface area contributed by atoms with Crippen molar-refractivity contribution in [2.24, 2.45) is 75.5 Å². The highest BCUT2D eigenvalue weighted by Gasteiger charge is 2.32. The zero-order valence-corrected chi connectivity index (χ0v) is 83.4. The molecule has 15 aromatic rings. The number of aryl methyl sites for hydroxylation is 11. The van der Waals surface area contributed by atoms with Crippen LogP contribution >= 0.6 is 0 Å². The molecule has 0 N–H and O–H groups in total. The fourth-order valence-corrected chi connectivity index (χ4v) is 21.8. The van der Waals surface area contributed by atoms with Gasteiger partial charge in [0.2, 0.25) is 22.8 Å². The molecule has 0 spiro atoms. The van der Waals surface area contributed by atoms with Gasteiger partial charge in [-0.1, -0.05) is 269 Å². The molecule has 0 fully saturated rings. The summed E-state index contributed by atoms with van der Waals surface area (Å²) in [5, 5.41) is 10.1. The zero-order valence-electron chi connectivity index (χ0n) is 83.4. The molecule has 4 heterocycles. The second kappa shape index (κ2) is 40.3. The van der Waals surface area contributed by atoms with E-state index in [2.05, 4.69) is 394 Å². The van der Waals surface area contributed by atoms with Crippen LogP contribution in [0.15, 0.2) is 231 Å². The summed E-state index contributed by atoms with van der Waals surface area (Å²) in [6, 6.07) is 83.7. The van der Waals surface area contributed by atoms with Crippen molar-refractivity contribution in [3.05, 3.63) is 332 Å². The van der Waals surface area contributed by atoms with Gasteiger partial charge in [-0.3, -0.25) is 0 Å². The molecule has 6 heteroatoms. The molecule has 0 amide bonds. The second-order valence-corrected chi connectivity index (χ2v) is 40.2. The highest BCUT2D eigenvalue weighted by molar-refractivity contribution is 5.99. The van der Waals surface area contributed by atoms with Crippen LogP contribution in [0.5, 0.6) is 0 Å². The number of hydrogen-bond acceptors (Lipinski definition) is 0. The maximum atomic E-state index is 15.4. The van der Waals surface area contributed by atoms with E-state index in [9.17, 15) is 0 Å². The van der Waals surface area contributed by atoms with Gasteiger partial charge in [0.1, 0.15) is 39.8 Å². The Morgan fingerprint density at radius 2 is 0.531 bits per heavy atom.